The Hall–Kier alpha value is -0.710. The maximum Gasteiger partial charge on any atom is 0.229 e. The van der Waals surface area contributed by atoms with E-state index in [9.17, 15) is 4.79 Å². The lowest BCUT2D eigenvalue weighted by Crippen LogP contribution is -2.35. The summed E-state index contributed by atoms with van der Waals surface area (Å²) in [6.07, 6.45) is 1.79. The van der Waals surface area contributed by atoms with Crippen molar-refractivity contribution in [1.82, 2.24) is 5.32 Å². The van der Waals surface area contributed by atoms with Crippen LogP contribution in [0.1, 0.15) is 13.8 Å². The van der Waals surface area contributed by atoms with Crippen LogP contribution in [0.4, 0.5) is 0 Å². The minimum Gasteiger partial charge on any atom is -0.410 e. The van der Waals surface area contributed by atoms with Gasteiger partial charge in [0.05, 0.1) is 5.92 Å². The Morgan fingerprint density at radius 1 is 1.54 bits per heavy atom. The molecule has 0 rings (SSSR count). The number of nitrogens with one attached hydrogen (secondary N) is 1. The molecule has 0 fully saturated rings. The summed E-state index contributed by atoms with van der Waals surface area (Å²) < 4.78 is 0. The molecule has 0 aliphatic heterocycles. The SMILES string of the molecule is CNC(=O)C(C(=NO)SC)C(C)C. The van der Waals surface area contributed by atoms with Crippen molar-refractivity contribution in [3.05, 3.63) is 0 Å². The van der Waals surface area contributed by atoms with Gasteiger partial charge in [-0.2, -0.15) is 0 Å². The van der Waals surface area contributed by atoms with E-state index in [-0.39, 0.29) is 17.7 Å². The van der Waals surface area contributed by atoms with E-state index < -0.39 is 0 Å². The van der Waals surface area contributed by atoms with E-state index >= 15 is 0 Å². The largest absolute Gasteiger partial charge is 0.410 e. The normalized spacial score (nSPS) is 14.4. The fourth-order valence-corrected chi connectivity index (χ4v) is 1.80. The number of hydrogen-bond donors (Lipinski definition) is 2. The predicted molar refractivity (Wildman–Crippen MR) is 55.1 cm³/mol. The van der Waals surface area contributed by atoms with Crippen LogP contribution in [0.25, 0.3) is 0 Å². The van der Waals surface area contributed by atoms with Gasteiger partial charge in [-0.1, -0.05) is 19.0 Å². The van der Waals surface area contributed by atoms with Gasteiger partial charge in [0.25, 0.3) is 0 Å². The number of amides is 1. The Morgan fingerprint density at radius 2 is 2.08 bits per heavy atom. The smallest absolute Gasteiger partial charge is 0.229 e. The van der Waals surface area contributed by atoms with Crippen LogP contribution in [0.15, 0.2) is 5.16 Å². The second-order valence-electron chi connectivity index (χ2n) is 2.98. The molecule has 76 valence electrons. The van der Waals surface area contributed by atoms with Gasteiger partial charge in [-0.15, -0.1) is 11.8 Å². The van der Waals surface area contributed by atoms with Gasteiger partial charge in [-0.25, -0.2) is 0 Å². The molecule has 4 nitrogen and oxygen atoms in total. The highest BCUT2D eigenvalue weighted by atomic mass is 32.2. The van der Waals surface area contributed by atoms with Crippen molar-refractivity contribution in [2.75, 3.05) is 13.3 Å². The Kier molecular flexibility index (Phi) is 5.53. The zero-order chi connectivity index (χ0) is 10.4. The molecule has 5 heteroatoms. The molecule has 0 aromatic carbocycles. The van der Waals surface area contributed by atoms with Crippen LogP contribution in [0, 0.1) is 11.8 Å². The zero-order valence-electron chi connectivity index (χ0n) is 8.37. The lowest BCUT2D eigenvalue weighted by Gasteiger charge is -2.18. The van der Waals surface area contributed by atoms with Gasteiger partial charge in [0.2, 0.25) is 5.91 Å². The highest BCUT2D eigenvalue weighted by Crippen LogP contribution is 2.19. The van der Waals surface area contributed by atoms with E-state index in [1.54, 1.807) is 13.3 Å². The molecule has 0 radical (unpaired) electrons. The van der Waals surface area contributed by atoms with Crippen LogP contribution in [-0.4, -0.2) is 29.5 Å². The molecule has 0 spiro atoms. The number of nitrogens with zero attached hydrogens (tertiary/aromatic N) is 1. The van der Waals surface area contributed by atoms with Crippen LogP contribution >= 0.6 is 11.8 Å². The molecule has 2 N–H and O–H groups in total. The lowest BCUT2D eigenvalue weighted by molar-refractivity contribution is -0.123. The number of rotatable bonds is 3. The highest BCUT2D eigenvalue weighted by Gasteiger charge is 2.26. The Balaban J connectivity index is 4.69. The van der Waals surface area contributed by atoms with Crippen LogP contribution in [0.5, 0.6) is 0 Å². The summed E-state index contributed by atoms with van der Waals surface area (Å²) in [6, 6.07) is 0. The average molecular weight is 204 g/mol. The molecule has 0 bridgehead atoms. The standard InChI is InChI=1S/C8H16N2O2S/c1-5(2)6(7(11)9-3)8(10-12)13-4/h5-6,12H,1-4H3,(H,9,11). The van der Waals surface area contributed by atoms with Gasteiger partial charge in [-0.3, -0.25) is 4.79 Å². The van der Waals surface area contributed by atoms with E-state index in [0.717, 1.165) is 0 Å². The number of carbonyl (C=O) groups is 1. The quantitative estimate of drug-likeness (QED) is 0.314. The maximum atomic E-state index is 11.4. The highest BCUT2D eigenvalue weighted by molar-refractivity contribution is 8.13. The molecule has 0 saturated carbocycles. The van der Waals surface area contributed by atoms with Crippen molar-refractivity contribution >= 4 is 22.7 Å². The average Bonchev–Trinajstić information content (AvgIpc) is 2.12. The number of carbonyl (C=O) groups excluding carboxylic acids is 1. The summed E-state index contributed by atoms with van der Waals surface area (Å²) in [6.45, 7) is 3.84. The lowest BCUT2D eigenvalue weighted by atomic mass is 9.96. The first kappa shape index (κ1) is 12.3. The summed E-state index contributed by atoms with van der Waals surface area (Å²) in [7, 11) is 1.58. The van der Waals surface area contributed by atoms with E-state index in [0.29, 0.717) is 5.04 Å². The molecule has 1 amide bonds. The fourth-order valence-electron chi connectivity index (χ4n) is 1.09. The van der Waals surface area contributed by atoms with Gasteiger partial charge in [0.15, 0.2) is 0 Å². The summed E-state index contributed by atoms with van der Waals surface area (Å²) in [5.41, 5.74) is 0. The molecule has 13 heavy (non-hydrogen) atoms. The molecule has 0 saturated heterocycles. The first-order chi connectivity index (χ1) is 6.08. The molecule has 1 atom stereocenters. The third-order valence-corrected chi connectivity index (χ3v) is 2.52. The summed E-state index contributed by atoms with van der Waals surface area (Å²) in [5, 5.41) is 14.8. The topological polar surface area (TPSA) is 61.7 Å². The summed E-state index contributed by atoms with van der Waals surface area (Å²) in [5.74, 6) is -0.347. The first-order valence-corrected chi connectivity index (χ1v) is 5.28. The second kappa shape index (κ2) is 5.85. The van der Waals surface area contributed by atoms with Crippen molar-refractivity contribution in [2.45, 2.75) is 13.8 Å². The maximum absolute atomic E-state index is 11.4. The molecule has 0 aromatic rings. The van der Waals surface area contributed by atoms with E-state index in [1.165, 1.54) is 11.8 Å². The molecule has 1 unspecified atom stereocenters. The van der Waals surface area contributed by atoms with Gasteiger partial charge in [-0.05, 0) is 12.2 Å². The van der Waals surface area contributed by atoms with Gasteiger partial charge in [0.1, 0.15) is 5.04 Å². The van der Waals surface area contributed by atoms with Gasteiger partial charge in [0, 0.05) is 7.05 Å². The third-order valence-electron chi connectivity index (χ3n) is 1.77. The zero-order valence-corrected chi connectivity index (χ0v) is 9.18. The van der Waals surface area contributed by atoms with Gasteiger partial charge >= 0.3 is 0 Å². The predicted octanol–water partition coefficient (Wildman–Crippen LogP) is 1.16. The Labute approximate surface area is 82.8 Å². The Bertz CT molecular complexity index is 204. The first-order valence-electron chi connectivity index (χ1n) is 4.06. The Morgan fingerprint density at radius 3 is 2.31 bits per heavy atom. The molecule has 0 aliphatic rings. The number of thioether (sulfide) groups is 1. The molecule has 0 aromatic heterocycles. The van der Waals surface area contributed by atoms with Crippen molar-refractivity contribution in [3.8, 4) is 0 Å². The van der Waals surface area contributed by atoms with Crippen LogP contribution in [0.3, 0.4) is 0 Å². The molecular formula is C8H16N2O2S. The van der Waals surface area contributed by atoms with Crippen molar-refractivity contribution in [3.63, 3.8) is 0 Å². The van der Waals surface area contributed by atoms with E-state index in [4.69, 9.17) is 5.21 Å². The molecule has 0 aliphatic carbocycles. The van der Waals surface area contributed by atoms with Crippen molar-refractivity contribution < 1.29 is 10.0 Å². The van der Waals surface area contributed by atoms with Crippen molar-refractivity contribution in [1.29, 1.82) is 0 Å². The van der Waals surface area contributed by atoms with Crippen molar-refractivity contribution in [2.24, 2.45) is 17.0 Å². The van der Waals surface area contributed by atoms with Crippen LogP contribution in [-0.2, 0) is 4.79 Å². The van der Waals surface area contributed by atoms with Crippen LogP contribution < -0.4 is 5.32 Å². The summed E-state index contributed by atoms with van der Waals surface area (Å²) in [4.78, 5) is 11.4. The van der Waals surface area contributed by atoms with Gasteiger partial charge < -0.3 is 10.5 Å². The minimum absolute atomic E-state index is 0.114. The van der Waals surface area contributed by atoms with E-state index in [2.05, 4.69) is 10.5 Å². The van der Waals surface area contributed by atoms with Crippen LogP contribution in [0.2, 0.25) is 0 Å². The monoisotopic (exact) mass is 204 g/mol. The minimum atomic E-state index is -0.356. The molecule has 0 heterocycles. The van der Waals surface area contributed by atoms with E-state index in [1.807, 2.05) is 13.8 Å². The second-order valence-corrected chi connectivity index (χ2v) is 3.80. The number of hydrogen-bond acceptors (Lipinski definition) is 4. The fraction of sp³-hybridized carbons (Fsp3) is 0.750. The number of oxime groups is 1. The summed E-state index contributed by atoms with van der Waals surface area (Å²) >= 11 is 1.29. The molecular weight excluding hydrogens is 188 g/mol. The third kappa shape index (κ3) is 3.26.